The van der Waals surface area contributed by atoms with E-state index in [2.05, 4.69) is 15.4 Å². The van der Waals surface area contributed by atoms with Crippen molar-refractivity contribution in [1.82, 2.24) is 19.7 Å². The van der Waals surface area contributed by atoms with Gasteiger partial charge in [-0.25, -0.2) is 4.98 Å². The molecule has 0 bridgehead atoms. The maximum absolute atomic E-state index is 13.5. The van der Waals surface area contributed by atoms with Crippen LogP contribution in [0, 0.1) is 6.92 Å². The molecular weight excluding hydrogens is 457 g/mol. The SMILES string of the molecule is Cc1cc(NC(=O)c2c3c(nc4ccc(Cl)cc24)CCC3)n(-c2ncc(Cl)cc2Cl)n1. The van der Waals surface area contributed by atoms with Crippen LogP contribution in [-0.4, -0.2) is 25.7 Å². The first-order valence-electron chi connectivity index (χ1n) is 9.71. The molecule has 6 nitrogen and oxygen atoms in total. The van der Waals surface area contributed by atoms with Gasteiger partial charge in [0.05, 0.1) is 26.8 Å². The lowest BCUT2D eigenvalue weighted by molar-refractivity contribution is 0.102. The molecule has 0 saturated carbocycles. The Kier molecular flexibility index (Phi) is 5.08. The van der Waals surface area contributed by atoms with Crippen LogP contribution in [0.1, 0.15) is 33.7 Å². The number of hydrogen-bond acceptors (Lipinski definition) is 4. The topological polar surface area (TPSA) is 72.7 Å². The van der Waals surface area contributed by atoms with Crippen LogP contribution in [0.15, 0.2) is 36.5 Å². The summed E-state index contributed by atoms with van der Waals surface area (Å²) in [6.45, 7) is 1.83. The Balaban J connectivity index is 1.61. The molecule has 156 valence electrons. The number of anilines is 1. The van der Waals surface area contributed by atoms with Crippen LogP contribution >= 0.6 is 34.8 Å². The molecule has 0 fully saturated rings. The van der Waals surface area contributed by atoms with Gasteiger partial charge in [0, 0.05) is 28.4 Å². The van der Waals surface area contributed by atoms with E-state index in [1.54, 1.807) is 24.3 Å². The second-order valence-electron chi connectivity index (χ2n) is 7.42. The van der Waals surface area contributed by atoms with E-state index in [0.29, 0.717) is 38.0 Å². The Morgan fingerprint density at radius 3 is 2.74 bits per heavy atom. The number of pyridine rings is 2. The molecule has 1 aliphatic carbocycles. The normalized spacial score (nSPS) is 12.9. The zero-order chi connectivity index (χ0) is 21.7. The molecule has 0 unspecified atom stereocenters. The fourth-order valence-electron chi connectivity index (χ4n) is 3.99. The van der Waals surface area contributed by atoms with E-state index >= 15 is 0 Å². The lowest BCUT2D eigenvalue weighted by Crippen LogP contribution is -2.18. The van der Waals surface area contributed by atoms with E-state index in [-0.39, 0.29) is 5.91 Å². The number of benzene rings is 1. The maximum atomic E-state index is 13.5. The van der Waals surface area contributed by atoms with Gasteiger partial charge in [-0.2, -0.15) is 9.78 Å². The Morgan fingerprint density at radius 1 is 1.10 bits per heavy atom. The third kappa shape index (κ3) is 3.65. The minimum atomic E-state index is -0.251. The number of aromatic nitrogens is 4. The number of amides is 1. The van der Waals surface area contributed by atoms with E-state index in [9.17, 15) is 4.79 Å². The van der Waals surface area contributed by atoms with E-state index in [1.807, 2.05) is 13.0 Å². The molecule has 5 rings (SSSR count). The van der Waals surface area contributed by atoms with Gasteiger partial charge in [0.2, 0.25) is 0 Å². The van der Waals surface area contributed by atoms with Gasteiger partial charge < -0.3 is 5.32 Å². The quantitative estimate of drug-likeness (QED) is 0.407. The smallest absolute Gasteiger partial charge is 0.257 e. The Bertz CT molecular complexity index is 1370. The Labute approximate surface area is 193 Å². The molecule has 3 aromatic heterocycles. The number of hydrogen-bond donors (Lipinski definition) is 1. The van der Waals surface area contributed by atoms with Crippen LogP contribution in [-0.2, 0) is 12.8 Å². The molecule has 1 aromatic carbocycles. The summed E-state index contributed by atoms with van der Waals surface area (Å²) in [5.41, 5.74) is 3.99. The van der Waals surface area contributed by atoms with Gasteiger partial charge in [0.25, 0.3) is 5.91 Å². The van der Waals surface area contributed by atoms with Gasteiger partial charge in [0.1, 0.15) is 5.82 Å². The largest absolute Gasteiger partial charge is 0.306 e. The molecule has 1 aliphatic rings. The summed E-state index contributed by atoms with van der Waals surface area (Å²) < 4.78 is 1.50. The zero-order valence-corrected chi connectivity index (χ0v) is 18.7. The molecule has 0 aliphatic heterocycles. The van der Waals surface area contributed by atoms with Gasteiger partial charge >= 0.3 is 0 Å². The average molecular weight is 473 g/mol. The first-order valence-corrected chi connectivity index (χ1v) is 10.8. The molecule has 0 saturated heterocycles. The van der Waals surface area contributed by atoms with Gasteiger partial charge in [-0.1, -0.05) is 34.8 Å². The van der Waals surface area contributed by atoms with Crippen LogP contribution in [0.25, 0.3) is 16.7 Å². The molecule has 3 heterocycles. The fraction of sp³-hybridized carbons (Fsp3) is 0.182. The maximum Gasteiger partial charge on any atom is 0.257 e. The second kappa shape index (κ2) is 7.79. The Hall–Kier alpha value is -2.67. The van der Waals surface area contributed by atoms with Gasteiger partial charge in [-0.15, -0.1) is 0 Å². The summed E-state index contributed by atoms with van der Waals surface area (Å²) in [5.74, 6) is 0.583. The minimum absolute atomic E-state index is 0.251. The molecule has 4 aromatic rings. The van der Waals surface area contributed by atoms with E-state index in [4.69, 9.17) is 39.8 Å². The number of aryl methyl sites for hydroxylation is 2. The van der Waals surface area contributed by atoms with Crippen molar-refractivity contribution in [3.63, 3.8) is 0 Å². The first-order chi connectivity index (χ1) is 14.9. The number of carbonyl (C=O) groups excluding carboxylic acids is 1. The summed E-state index contributed by atoms with van der Waals surface area (Å²) in [5, 5.41) is 9.46. The van der Waals surface area contributed by atoms with Crippen LogP contribution in [0.4, 0.5) is 5.82 Å². The van der Waals surface area contributed by atoms with Crippen molar-refractivity contribution in [2.45, 2.75) is 26.2 Å². The average Bonchev–Trinajstić information content (AvgIpc) is 3.32. The Morgan fingerprint density at radius 2 is 1.94 bits per heavy atom. The second-order valence-corrected chi connectivity index (χ2v) is 8.70. The van der Waals surface area contributed by atoms with E-state index < -0.39 is 0 Å². The predicted octanol–water partition coefficient (Wildman–Crippen LogP) is 5.83. The van der Waals surface area contributed by atoms with Crippen molar-refractivity contribution in [2.24, 2.45) is 0 Å². The molecule has 0 atom stereocenters. The first kappa shape index (κ1) is 20.2. The summed E-state index contributed by atoms with van der Waals surface area (Å²) in [4.78, 5) is 22.6. The fourth-order valence-corrected chi connectivity index (χ4v) is 4.62. The minimum Gasteiger partial charge on any atom is -0.306 e. The molecule has 9 heteroatoms. The molecule has 0 radical (unpaired) electrons. The number of carbonyl (C=O) groups is 1. The highest BCUT2D eigenvalue weighted by Crippen LogP contribution is 2.32. The summed E-state index contributed by atoms with van der Waals surface area (Å²) >= 11 is 18.5. The number of rotatable bonds is 3. The van der Waals surface area contributed by atoms with Crippen LogP contribution in [0.5, 0.6) is 0 Å². The molecular formula is C22H16Cl3N5O. The van der Waals surface area contributed by atoms with Crippen molar-refractivity contribution in [3.8, 4) is 5.82 Å². The number of nitrogens with one attached hydrogen (secondary N) is 1. The summed E-state index contributed by atoms with van der Waals surface area (Å²) in [7, 11) is 0. The van der Waals surface area contributed by atoms with Crippen LogP contribution < -0.4 is 5.32 Å². The third-order valence-electron chi connectivity index (χ3n) is 5.26. The third-order valence-corrected chi connectivity index (χ3v) is 5.98. The zero-order valence-electron chi connectivity index (χ0n) is 16.4. The van der Waals surface area contributed by atoms with Crippen molar-refractivity contribution in [3.05, 3.63) is 74.1 Å². The summed E-state index contributed by atoms with van der Waals surface area (Å²) in [6, 6.07) is 8.77. The van der Waals surface area contributed by atoms with Crippen molar-refractivity contribution < 1.29 is 4.79 Å². The van der Waals surface area contributed by atoms with Gasteiger partial charge in [0.15, 0.2) is 5.82 Å². The van der Waals surface area contributed by atoms with E-state index in [1.165, 1.54) is 10.9 Å². The lowest BCUT2D eigenvalue weighted by atomic mass is 10.0. The van der Waals surface area contributed by atoms with Crippen LogP contribution in [0.2, 0.25) is 15.1 Å². The van der Waals surface area contributed by atoms with Crippen molar-refractivity contribution >= 4 is 57.4 Å². The van der Waals surface area contributed by atoms with Gasteiger partial charge in [-0.05, 0) is 56.0 Å². The van der Waals surface area contributed by atoms with Crippen molar-refractivity contribution in [1.29, 1.82) is 0 Å². The lowest BCUT2D eigenvalue weighted by Gasteiger charge is -2.14. The van der Waals surface area contributed by atoms with Crippen LogP contribution in [0.3, 0.4) is 0 Å². The predicted molar refractivity (Wildman–Crippen MR) is 123 cm³/mol. The van der Waals surface area contributed by atoms with Gasteiger partial charge in [-0.3, -0.25) is 9.78 Å². The highest BCUT2D eigenvalue weighted by Gasteiger charge is 2.25. The van der Waals surface area contributed by atoms with E-state index in [0.717, 1.165) is 41.4 Å². The van der Waals surface area contributed by atoms with Crippen molar-refractivity contribution in [2.75, 3.05) is 5.32 Å². The standard InChI is InChI=1S/C22H16Cl3N5O/c1-11-7-19(30(29-11)21-16(25)9-13(24)10-26-21)28-22(31)20-14-3-2-4-17(14)27-18-6-5-12(23)8-15(18)20/h5-10H,2-4H2,1H3,(H,28,31). The molecule has 1 N–H and O–H groups in total. The monoisotopic (exact) mass is 471 g/mol. The molecule has 0 spiro atoms. The molecule has 31 heavy (non-hydrogen) atoms. The number of fused-ring (bicyclic) bond motifs is 2. The molecule has 1 amide bonds. The highest BCUT2D eigenvalue weighted by atomic mass is 35.5. The highest BCUT2D eigenvalue weighted by molar-refractivity contribution is 6.35. The summed E-state index contributed by atoms with van der Waals surface area (Å²) in [6.07, 6.45) is 4.11. The number of nitrogens with zero attached hydrogens (tertiary/aromatic N) is 4. The number of halogens is 3.